The van der Waals surface area contributed by atoms with E-state index in [-0.39, 0.29) is 0 Å². The first kappa shape index (κ1) is 12.2. The first-order valence-corrected chi connectivity index (χ1v) is 5.83. The van der Waals surface area contributed by atoms with Crippen LogP contribution in [0.4, 0.5) is 5.69 Å². The Morgan fingerprint density at radius 1 is 1.39 bits per heavy atom. The molecule has 2 aromatic rings. The van der Waals surface area contributed by atoms with Crippen molar-refractivity contribution in [3.05, 3.63) is 42.2 Å². The van der Waals surface area contributed by atoms with Crippen molar-refractivity contribution < 1.29 is 13.9 Å². The van der Waals surface area contributed by atoms with Crippen molar-refractivity contribution >= 4 is 11.7 Å². The first-order chi connectivity index (χ1) is 8.72. The summed E-state index contributed by atoms with van der Waals surface area (Å²) >= 11 is 0. The Labute approximate surface area is 105 Å². The number of benzene rings is 1. The topological polar surface area (TPSA) is 65.5 Å². The Hall–Kier alpha value is -2.23. The number of esters is 1. The molecule has 1 heterocycles. The number of furan rings is 1. The molecule has 4 heteroatoms. The summed E-state index contributed by atoms with van der Waals surface area (Å²) in [6.45, 7) is 2.33. The van der Waals surface area contributed by atoms with Gasteiger partial charge in [0.05, 0.1) is 18.4 Å². The second-order valence-corrected chi connectivity index (χ2v) is 3.92. The highest BCUT2D eigenvalue weighted by atomic mass is 16.5. The third kappa shape index (κ3) is 2.53. The summed E-state index contributed by atoms with van der Waals surface area (Å²) in [6, 6.07) is 8.80. The average molecular weight is 245 g/mol. The van der Waals surface area contributed by atoms with Crippen LogP contribution in [0.2, 0.25) is 0 Å². The van der Waals surface area contributed by atoms with E-state index in [1.165, 1.54) is 0 Å². The van der Waals surface area contributed by atoms with Gasteiger partial charge in [0.15, 0.2) is 0 Å². The molecule has 0 atom stereocenters. The van der Waals surface area contributed by atoms with Crippen molar-refractivity contribution in [1.29, 1.82) is 0 Å². The van der Waals surface area contributed by atoms with Crippen molar-refractivity contribution in [1.82, 2.24) is 0 Å². The third-order valence-corrected chi connectivity index (χ3v) is 2.52. The maximum absolute atomic E-state index is 11.8. The molecule has 0 saturated carbocycles. The Bertz CT molecular complexity index is 532. The van der Waals surface area contributed by atoms with E-state index < -0.39 is 5.97 Å². The van der Waals surface area contributed by atoms with Crippen LogP contribution in [0.25, 0.3) is 11.3 Å². The number of anilines is 1. The predicted octanol–water partition coefficient (Wildman–Crippen LogP) is 3.10. The van der Waals surface area contributed by atoms with Crippen molar-refractivity contribution in [2.45, 2.75) is 13.3 Å². The maximum Gasteiger partial charge on any atom is 0.340 e. The van der Waals surface area contributed by atoms with Gasteiger partial charge in [-0.05, 0) is 36.8 Å². The van der Waals surface area contributed by atoms with Gasteiger partial charge in [0.25, 0.3) is 0 Å². The van der Waals surface area contributed by atoms with Gasteiger partial charge < -0.3 is 14.9 Å². The number of ether oxygens (including phenoxy) is 1. The van der Waals surface area contributed by atoms with E-state index in [9.17, 15) is 4.79 Å². The Morgan fingerprint density at radius 2 is 2.22 bits per heavy atom. The van der Waals surface area contributed by atoms with Crippen LogP contribution in [-0.4, -0.2) is 12.6 Å². The molecule has 0 aliphatic heterocycles. The van der Waals surface area contributed by atoms with Gasteiger partial charge in [0, 0.05) is 11.3 Å². The lowest BCUT2D eigenvalue weighted by Crippen LogP contribution is -2.09. The molecule has 0 aliphatic rings. The Balaban J connectivity index is 2.30. The van der Waals surface area contributed by atoms with Crippen LogP contribution in [-0.2, 0) is 4.74 Å². The van der Waals surface area contributed by atoms with Crippen LogP contribution in [0.5, 0.6) is 0 Å². The minimum absolute atomic E-state index is 0.373. The van der Waals surface area contributed by atoms with Gasteiger partial charge in [-0.25, -0.2) is 4.79 Å². The molecule has 0 saturated heterocycles. The molecule has 0 bridgehead atoms. The number of nitrogens with two attached hydrogens (primary N) is 1. The molecule has 0 fully saturated rings. The molecule has 0 radical (unpaired) electrons. The molecule has 0 unspecified atom stereocenters. The highest BCUT2D eigenvalue weighted by Gasteiger charge is 2.13. The van der Waals surface area contributed by atoms with E-state index in [1.807, 2.05) is 19.1 Å². The highest BCUT2D eigenvalue weighted by molar-refractivity contribution is 5.96. The van der Waals surface area contributed by atoms with Crippen LogP contribution >= 0.6 is 0 Å². The number of nitrogen functional groups attached to an aromatic ring is 1. The van der Waals surface area contributed by atoms with Crippen molar-refractivity contribution in [3.63, 3.8) is 0 Å². The van der Waals surface area contributed by atoms with Gasteiger partial charge in [-0.3, -0.25) is 0 Å². The van der Waals surface area contributed by atoms with Gasteiger partial charge >= 0.3 is 5.97 Å². The van der Waals surface area contributed by atoms with E-state index in [0.717, 1.165) is 12.0 Å². The van der Waals surface area contributed by atoms with E-state index in [4.69, 9.17) is 14.9 Å². The van der Waals surface area contributed by atoms with Crippen LogP contribution in [0.3, 0.4) is 0 Å². The molecule has 0 aliphatic carbocycles. The zero-order chi connectivity index (χ0) is 13.0. The lowest BCUT2D eigenvalue weighted by atomic mass is 10.1. The largest absolute Gasteiger partial charge is 0.464 e. The van der Waals surface area contributed by atoms with Crippen molar-refractivity contribution in [2.24, 2.45) is 0 Å². The van der Waals surface area contributed by atoms with Crippen LogP contribution < -0.4 is 5.73 Å². The van der Waals surface area contributed by atoms with E-state index in [1.54, 1.807) is 24.5 Å². The quantitative estimate of drug-likeness (QED) is 0.664. The highest BCUT2D eigenvalue weighted by Crippen LogP contribution is 2.24. The summed E-state index contributed by atoms with van der Waals surface area (Å²) in [5.41, 5.74) is 7.37. The molecule has 1 aromatic carbocycles. The maximum atomic E-state index is 11.8. The summed E-state index contributed by atoms with van der Waals surface area (Å²) in [7, 11) is 0. The number of rotatable bonds is 4. The van der Waals surface area contributed by atoms with Gasteiger partial charge in [-0.1, -0.05) is 6.92 Å². The van der Waals surface area contributed by atoms with Gasteiger partial charge in [-0.2, -0.15) is 0 Å². The summed E-state index contributed by atoms with van der Waals surface area (Å²) in [4.78, 5) is 11.8. The minimum atomic E-state index is -0.400. The lowest BCUT2D eigenvalue weighted by molar-refractivity contribution is 0.0506. The molecule has 2 N–H and O–H groups in total. The van der Waals surface area contributed by atoms with E-state index in [0.29, 0.717) is 23.6 Å². The lowest BCUT2D eigenvalue weighted by Gasteiger charge is -2.07. The molecular formula is C14H15NO3. The SMILES string of the molecule is CCCOC(=O)c1cc(-c2ccco2)ccc1N. The molecule has 4 nitrogen and oxygen atoms in total. The second-order valence-electron chi connectivity index (χ2n) is 3.92. The van der Waals surface area contributed by atoms with Gasteiger partial charge in [-0.15, -0.1) is 0 Å². The number of hydrogen-bond acceptors (Lipinski definition) is 4. The molecule has 0 amide bonds. The molecule has 2 rings (SSSR count). The number of carbonyl (C=O) groups excluding carboxylic acids is 1. The summed E-state index contributed by atoms with van der Waals surface area (Å²) in [5, 5.41) is 0. The van der Waals surface area contributed by atoms with Gasteiger partial charge in [0.1, 0.15) is 5.76 Å². The number of carbonyl (C=O) groups is 1. The third-order valence-electron chi connectivity index (χ3n) is 2.52. The monoisotopic (exact) mass is 245 g/mol. The standard InChI is InChI=1S/C14H15NO3/c1-2-7-18-14(16)11-9-10(5-6-12(11)15)13-4-3-8-17-13/h3-6,8-9H,2,7,15H2,1H3. The smallest absolute Gasteiger partial charge is 0.340 e. The fourth-order valence-corrected chi connectivity index (χ4v) is 1.60. The van der Waals surface area contributed by atoms with Gasteiger partial charge in [0.2, 0.25) is 0 Å². The summed E-state index contributed by atoms with van der Waals surface area (Å²) in [5.74, 6) is 0.294. The van der Waals surface area contributed by atoms with Crippen molar-refractivity contribution in [2.75, 3.05) is 12.3 Å². The molecule has 0 spiro atoms. The summed E-state index contributed by atoms with van der Waals surface area (Å²) in [6.07, 6.45) is 2.37. The minimum Gasteiger partial charge on any atom is -0.464 e. The van der Waals surface area contributed by atoms with Crippen molar-refractivity contribution in [3.8, 4) is 11.3 Å². The molecule has 94 valence electrons. The zero-order valence-corrected chi connectivity index (χ0v) is 10.2. The van der Waals surface area contributed by atoms with E-state index >= 15 is 0 Å². The zero-order valence-electron chi connectivity index (χ0n) is 10.2. The first-order valence-electron chi connectivity index (χ1n) is 5.83. The normalized spacial score (nSPS) is 10.3. The Morgan fingerprint density at radius 3 is 2.89 bits per heavy atom. The van der Waals surface area contributed by atoms with Crippen LogP contribution in [0, 0.1) is 0 Å². The fraction of sp³-hybridized carbons (Fsp3) is 0.214. The fourth-order valence-electron chi connectivity index (χ4n) is 1.60. The second kappa shape index (κ2) is 5.40. The predicted molar refractivity (Wildman–Crippen MR) is 69.1 cm³/mol. The van der Waals surface area contributed by atoms with E-state index in [2.05, 4.69) is 0 Å². The number of hydrogen-bond donors (Lipinski definition) is 1. The Kier molecular flexibility index (Phi) is 3.67. The van der Waals surface area contributed by atoms with Crippen LogP contribution in [0.15, 0.2) is 41.0 Å². The summed E-state index contributed by atoms with van der Waals surface area (Å²) < 4.78 is 10.4. The average Bonchev–Trinajstić information content (AvgIpc) is 2.90. The molecule has 1 aromatic heterocycles. The molecule has 18 heavy (non-hydrogen) atoms. The molecular weight excluding hydrogens is 230 g/mol. The van der Waals surface area contributed by atoms with Crippen LogP contribution in [0.1, 0.15) is 23.7 Å².